The SMILES string of the molecule is Cc1c(F)ccc2cnc(Cl)nc12. The minimum Gasteiger partial charge on any atom is -0.226 e. The maximum atomic E-state index is 13.1. The van der Waals surface area contributed by atoms with Crippen LogP contribution in [0.3, 0.4) is 0 Å². The standard InChI is InChI=1S/C9H6ClFN2/c1-5-7(11)3-2-6-4-12-9(10)13-8(5)6/h2-4H,1H3. The molecule has 0 N–H and O–H groups in total. The number of nitrogens with zero attached hydrogens (tertiary/aromatic N) is 2. The number of hydrogen-bond acceptors (Lipinski definition) is 2. The molecule has 0 saturated heterocycles. The van der Waals surface area contributed by atoms with Gasteiger partial charge in [-0.1, -0.05) is 0 Å². The van der Waals surface area contributed by atoms with E-state index >= 15 is 0 Å². The molecule has 0 aliphatic carbocycles. The van der Waals surface area contributed by atoms with Crippen molar-refractivity contribution < 1.29 is 4.39 Å². The predicted octanol–water partition coefficient (Wildman–Crippen LogP) is 2.73. The van der Waals surface area contributed by atoms with E-state index in [9.17, 15) is 4.39 Å². The van der Waals surface area contributed by atoms with E-state index in [0.717, 1.165) is 5.39 Å². The second kappa shape index (κ2) is 2.92. The van der Waals surface area contributed by atoms with Crippen LogP contribution in [0.4, 0.5) is 4.39 Å². The molecule has 4 heteroatoms. The third-order valence-electron chi connectivity index (χ3n) is 1.91. The first kappa shape index (κ1) is 8.38. The van der Waals surface area contributed by atoms with Crippen molar-refractivity contribution in [1.82, 2.24) is 9.97 Å². The molecule has 2 rings (SSSR count). The highest BCUT2D eigenvalue weighted by Gasteiger charge is 2.04. The smallest absolute Gasteiger partial charge is 0.222 e. The molecule has 0 atom stereocenters. The predicted molar refractivity (Wildman–Crippen MR) is 49.2 cm³/mol. The number of benzene rings is 1. The van der Waals surface area contributed by atoms with Gasteiger partial charge < -0.3 is 0 Å². The van der Waals surface area contributed by atoms with Crippen LogP contribution in [0.5, 0.6) is 0 Å². The summed E-state index contributed by atoms with van der Waals surface area (Å²) >= 11 is 5.60. The summed E-state index contributed by atoms with van der Waals surface area (Å²) in [6.45, 7) is 1.67. The van der Waals surface area contributed by atoms with E-state index in [2.05, 4.69) is 9.97 Å². The third kappa shape index (κ3) is 1.35. The van der Waals surface area contributed by atoms with Gasteiger partial charge in [0, 0.05) is 17.1 Å². The average molecular weight is 197 g/mol. The van der Waals surface area contributed by atoms with Crippen molar-refractivity contribution in [3.63, 3.8) is 0 Å². The Labute approximate surface area is 79.4 Å². The molecule has 0 aliphatic heterocycles. The lowest BCUT2D eigenvalue weighted by atomic mass is 10.1. The number of fused-ring (bicyclic) bond motifs is 1. The maximum Gasteiger partial charge on any atom is 0.222 e. The lowest BCUT2D eigenvalue weighted by Crippen LogP contribution is -1.90. The topological polar surface area (TPSA) is 25.8 Å². The second-order valence-corrected chi connectivity index (χ2v) is 3.09. The van der Waals surface area contributed by atoms with Gasteiger partial charge in [0.05, 0.1) is 5.52 Å². The number of aryl methyl sites for hydroxylation is 1. The molecule has 13 heavy (non-hydrogen) atoms. The largest absolute Gasteiger partial charge is 0.226 e. The minimum absolute atomic E-state index is 0.140. The fourth-order valence-electron chi connectivity index (χ4n) is 1.19. The lowest BCUT2D eigenvalue weighted by Gasteiger charge is -2.01. The number of rotatable bonds is 0. The van der Waals surface area contributed by atoms with Crippen molar-refractivity contribution in [1.29, 1.82) is 0 Å². The molecule has 66 valence electrons. The van der Waals surface area contributed by atoms with Crippen molar-refractivity contribution in [3.05, 3.63) is 35.0 Å². The first-order valence-electron chi connectivity index (χ1n) is 3.76. The van der Waals surface area contributed by atoms with Crippen LogP contribution in [-0.4, -0.2) is 9.97 Å². The van der Waals surface area contributed by atoms with Crippen LogP contribution in [0.2, 0.25) is 5.28 Å². The van der Waals surface area contributed by atoms with E-state index in [1.807, 2.05) is 0 Å². The molecule has 0 aliphatic rings. The Balaban J connectivity index is 2.89. The first-order valence-corrected chi connectivity index (χ1v) is 4.13. The summed E-state index contributed by atoms with van der Waals surface area (Å²) < 4.78 is 13.1. The van der Waals surface area contributed by atoms with Gasteiger partial charge in [0.15, 0.2) is 0 Å². The monoisotopic (exact) mass is 196 g/mol. The average Bonchev–Trinajstić information content (AvgIpc) is 2.12. The Hall–Kier alpha value is -1.22. The van der Waals surface area contributed by atoms with Gasteiger partial charge in [0.25, 0.3) is 0 Å². The summed E-state index contributed by atoms with van der Waals surface area (Å²) in [5.74, 6) is -0.276. The summed E-state index contributed by atoms with van der Waals surface area (Å²) in [4.78, 5) is 7.76. The number of halogens is 2. The molecular formula is C9H6ClFN2. The van der Waals surface area contributed by atoms with Crippen LogP contribution >= 0.6 is 11.6 Å². The summed E-state index contributed by atoms with van der Waals surface area (Å²) in [6.07, 6.45) is 1.58. The van der Waals surface area contributed by atoms with Gasteiger partial charge in [-0.15, -0.1) is 0 Å². The van der Waals surface area contributed by atoms with E-state index in [1.54, 1.807) is 19.2 Å². The summed E-state index contributed by atoms with van der Waals surface area (Å²) in [5, 5.41) is 0.935. The van der Waals surface area contributed by atoms with Gasteiger partial charge in [0.1, 0.15) is 5.82 Å². The summed E-state index contributed by atoms with van der Waals surface area (Å²) in [7, 11) is 0. The quantitative estimate of drug-likeness (QED) is 0.606. The molecule has 2 aromatic rings. The van der Waals surface area contributed by atoms with Crippen LogP contribution in [0.25, 0.3) is 10.9 Å². The molecule has 0 unspecified atom stereocenters. The molecule has 0 spiro atoms. The third-order valence-corrected chi connectivity index (χ3v) is 2.09. The van der Waals surface area contributed by atoms with Gasteiger partial charge >= 0.3 is 0 Å². The van der Waals surface area contributed by atoms with E-state index in [0.29, 0.717) is 11.1 Å². The zero-order valence-electron chi connectivity index (χ0n) is 6.88. The highest BCUT2D eigenvalue weighted by Crippen LogP contribution is 2.19. The molecule has 1 aromatic heterocycles. The summed E-state index contributed by atoms with van der Waals surface area (Å²) in [5.41, 5.74) is 1.07. The van der Waals surface area contributed by atoms with E-state index in [4.69, 9.17) is 11.6 Å². The van der Waals surface area contributed by atoms with Gasteiger partial charge in [-0.2, -0.15) is 0 Å². The molecule has 0 saturated carbocycles. The Bertz CT molecular complexity index is 465. The normalized spacial score (nSPS) is 10.7. The van der Waals surface area contributed by atoms with Gasteiger partial charge in [0.2, 0.25) is 5.28 Å². The highest BCUT2D eigenvalue weighted by molar-refractivity contribution is 6.28. The Morgan fingerprint density at radius 1 is 1.38 bits per heavy atom. The van der Waals surface area contributed by atoms with E-state index < -0.39 is 0 Å². The zero-order chi connectivity index (χ0) is 9.42. The van der Waals surface area contributed by atoms with Crippen LogP contribution in [0.15, 0.2) is 18.3 Å². The second-order valence-electron chi connectivity index (χ2n) is 2.75. The summed E-state index contributed by atoms with van der Waals surface area (Å²) in [6, 6.07) is 3.03. The Morgan fingerprint density at radius 3 is 2.92 bits per heavy atom. The number of hydrogen-bond donors (Lipinski definition) is 0. The van der Waals surface area contributed by atoms with Crippen molar-refractivity contribution in [2.75, 3.05) is 0 Å². The molecule has 1 heterocycles. The van der Waals surface area contributed by atoms with Crippen molar-refractivity contribution in [3.8, 4) is 0 Å². The maximum absolute atomic E-state index is 13.1. The molecule has 0 radical (unpaired) electrons. The zero-order valence-corrected chi connectivity index (χ0v) is 7.64. The first-order chi connectivity index (χ1) is 6.18. The molecular weight excluding hydrogens is 191 g/mol. The fourth-order valence-corrected chi connectivity index (χ4v) is 1.33. The van der Waals surface area contributed by atoms with Gasteiger partial charge in [-0.3, -0.25) is 0 Å². The van der Waals surface area contributed by atoms with Crippen molar-refractivity contribution >= 4 is 22.5 Å². The molecule has 2 nitrogen and oxygen atoms in total. The van der Waals surface area contributed by atoms with Crippen LogP contribution < -0.4 is 0 Å². The van der Waals surface area contributed by atoms with Gasteiger partial charge in [-0.25, -0.2) is 14.4 Å². The van der Waals surface area contributed by atoms with E-state index in [-0.39, 0.29) is 11.1 Å². The molecule has 0 bridgehead atoms. The van der Waals surface area contributed by atoms with Crippen molar-refractivity contribution in [2.45, 2.75) is 6.92 Å². The Kier molecular flexibility index (Phi) is 1.88. The van der Waals surface area contributed by atoms with E-state index in [1.165, 1.54) is 6.07 Å². The van der Waals surface area contributed by atoms with Crippen molar-refractivity contribution in [2.24, 2.45) is 0 Å². The van der Waals surface area contributed by atoms with Crippen LogP contribution in [0, 0.1) is 12.7 Å². The molecule has 1 aromatic carbocycles. The molecule has 0 amide bonds. The Morgan fingerprint density at radius 2 is 2.15 bits per heavy atom. The lowest BCUT2D eigenvalue weighted by molar-refractivity contribution is 0.620. The minimum atomic E-state index is -0.276. The van der Waals surface area contributed by atoms with Gasteiger partial charge in [-0.05, 0) is 30.7 Å². The van der Waals surface area contributed by atoms with Crippen LogP contribution in [0.1, 0.15) is 5.56 Å². The molecule has 0 fully saturated rings. The highest BCUT2D eigenvalue weighted by atomic mass is 35.5. The number of aromatic nitrogens is 2. The fraction of sp³-hybridized carbons (Fsp3) is 0.111. The van der Waals surface area contributed by atoms with Crippen LogP contribution in [-0.2, 0) is 0 Å².